The smallest absolute Gasteiger partial charge is 0.321 e. The van der Waals surface area contributed by atoms with Crippen molar-refractivity contribution in [3.05, 3.63) is 65.3 Å². The number of aliphatic hydroxyl groups excluding tert-OH is 1. The van der Waals surface area contributed by atoms with Crippen molar-refractivity contribution in [1.29, 1.82) is 0 Å². The van der Waals surface area contributed by atoms with Gasteiger partial charge in [-0.25, -0.2) is 4.79 Å². The summed E-state index contributed by atoms with van der Waals surface area (Å²) in [4.78, 5) is 46.3. The third-order valence-electron chi connectivity index (χ3n) is 7.18. The van der Waals surface area contributed by atoms with Crippen LogP contribution in [-0.2, 0) is 11.2 Å². The van der Waals surface area contributed by atoms with Gasteiger partial charge in [-0.3, -0.25) is 14.6 Å². The Bertz CT molecular complexity index is 1370. The van der Waals surface area contributed by atoms with Gasteiger partial charge in [0.1, 0.15) is 23.2 Å². The standard InChI is InChI=1S/C29H36N6O6/c1-17-14-35(18(2)16-36)26(37)13-22-12-23(31-28(38)21-8-10-30-11-9-21)6-7-24(22)40-25(17)15-34(5)29(39)32-27-19(3)33-41-20(27)4/h6-12,17-18,25,36H,13-16H2,1-5H3,(H,31,38)(H,32,39)/t17-,18+,25-/m1/s1. The summed E-state index contributed by atoms with van der Waals surface area (Å²) < 4.78 is 11.6. The molecule has 0 saturated heterocycles. The zero-order chi connectivity index (χ0) is 29.7. The van der Waals surface area contributed by atoms with Crippen molar-refractivity contribution in [2.24, 2.45) is 5.92 Å². The second-order valence-electron chi connectivity index (χ2n) is 10.4. The van der Waals surface area contributed by atoms with E-state index in [9.17, 15) is 19.5 Å². The lowest BCUT2D eigenvalue weighted by atomic mass is 10.0. The molecule has 4 amide bonds. The lowest BCUT2D eigenvalue weighted by Crippen LogP contribution is -2.48. The van der Waals surface area contributed by atoms with Crippen LogP contribution in [-0.4, -0.2) is 81.8 Å². The van der Waals surface area contributed by atoms with Crippen LogP contribution in [0.15, 0.2) is 47.2 Å². The second-order valence-corrected chi connectivity index (χ2v) is 10.4. The lowest BCUT2D eigenvalue weighted by molar-refractivity contribution is -0.134. The van der Waals surface area contributed by atoms with Gasteiger partial charge in [0.05, 0.1) is 25.6 Å². The van der Waals surface area contributed by atoms with E-state index in [4.69, 9.17) is 9.26 Å². The Kier molecular flexibility index (Phi) is 9.23. The second kappa shape index (κ2) is 12.8. The number of carbonyl (C=O) groups is 3. The number of aryl methyl sites for hydroxylation is 2. The van der Waals surface area contributed by atoms with E-state index in [1.165, 1.54) is 17.3 Å². The van der Waals surface area contributed by atoms with Gasteiger partial charge in [0.15, 0.2) is 5.76 Å². The van der Waals surface area contributed by atoms with Crippen LogP contribution >= 0.6 is 0 Å². The van der Waals surface area contributed by atoms with Gasteiger partial charge in [0.2, 0.25) is 5.91 Å². The van der Waals surface area contributed by atoms with Crippen LogP contribution in [0.25, 0.3) is 0 Å². The minimum Gasteiger partial charge on any atom is -0.488 e. The molecule has 1 aromatic carbocycles. The van der Waals surface area contributed by atoms with Gasteiger partial charge in [-0.15, -0.1) is 0 Å². The van der Waals surface area contributed by atoms with E-state index in [1.807, 2.05) is 6.92 Å². The third-order valence-corrected chi connectivity index (χ3v) is 7.18. The van der Waals surface area contributed by atoms with E-state index in [1.54, 1.807) is 63.1 Å². The number of likely N-dealkylation sites (N-methyl/N-ethyl adjacent to an activating group) is 1. The number of aliphatic hydroxyl groups is 1. The summed E-state index contributed by atoms with van der Waals surface area (Å²) in [5, 5.41) is 19.4. The number of benzene rings is 1. The van der Waals surface area contributed by atoms with E-state index >= 15 is 0 Å². The van der Waals surface area contributed by atoms with Gasteiger partial charge in [-0.2, -0.15) is 0 Å². The van der Waals surface area contributed by atoms with Crippen LogP contribution in [0.5, 0.6) is 5.75 Å². The molecular formula is C29H36N6O6. The number of urea groups is 1. The number of fused-ring (bicyclic) bond motifs is 1. The number of amides is 4. The Morgan fingerprint density at radius 3 is 2.59 bits per heavy atom. The highest BCUT2D eigenvalue weighted by atomic mass is 16.5. The molecule has 3 N–H and O–H groups in total. The van der Waals surface area contributed by atoms with Crippen LogP contribution in [0.3, 0.4) is 0 Å². The van der Waals surface area contributed by atoms with Crippen LogP contribution in [0.1, 0.15) is 41.2 Å². The maximum atomic E-state index is 13.4. The van der Waals surface area contributed by atoms with Crippen LogP contribution in [0.4, 0.5) is 16.2 Å². The lowest BCUT2D eigenvalue weighted by Gasteiger charge is -2.34. The first kappa shape index (κ1) is 29.5. The topological polar surface area (TPSA) is 150 Å². The molecule has 3 aromatic rings. The molecule has 12 nitrogen and oxygen atoms in total. The molecule has 41 heavy (non-hydrogen) atoms. The molecule has 0 spiro atoms. The maximum Gasteiger partial charge on any atom is 0.321 e. The van der Waals surface area contributed by atoms with E-state index in [0.29, 0.717) is 46.3 Å². The largest absolute Gasteiger partial charge is 0.488 e. The fourth-order valence-corrected chi connectivity index (χ4v) is 4.65. The van der Waals surface area contributed by atoms with Crippen molar-refractivity contribution in [2.75, 3.05) is 37.4 Å². The number of hydrogen-bond acceptors (Lipinski definition) is 8. The van der Waals surface area contributed by atoms with Gasteiger partial charge >= 0.3 is 6.03 Å². The average Bonchev–Trinajstić information content (AvgIpc) is 3.29. The van der Waals surface area contributed by atoms with E-state index in [2.05, 4.69) is 20.8 Å². The molecular weight excluding hydrogens is 528 g/mol. The van der Waals surface area contributed by atoms with Gasteiger partial charge in [0, 0.05) is 48.7 Å². The predicted octanol–water partition coefficient (Wildman–Crippen LogP) is 3.25. The SMILES string of the molecule is Cc1noc(C)c1NC(=O)N(C)C[C@H]1Oc2ccc(NC(=O)c3ccncc3)cc2CC(=O)N([C@@H](C)CO)C[C@H]1C. The summed E-state index contributed by atoms with van der Waals surface area (Å²) >= 11 is 0. The zero-order valence-corrected chi connectivity index (χ0v) is 23.9. The number of nitrogens with zero attached hydrogens (tertiary/aromatic N) is 4. The molecule has 1 aliphatic rings. The molecule has 0 aliphatic carbocycles. The van der Waals surface area contributed by atoms with Crippen LogP contribution < -0.4 is 15.4 Å². The number of aromatic nitrogens is 2. The highest BCUT2D eigenvalue weighted by Crippen LogP contribution is 2.29. The number of ether oxygens (including phenoxy) is 1. The average molecular weight is 565 g/mol. The molecule has 1 aliphatic heterocycles. The van der Waals surface area contributed by atoms with Crippen LogP contribution in [0, 0.1) is 19.8 Å². The fraction of sp³-hybridized carbons (Fsp3) is 0.414. The van der Waals surface area contributed by atoms with E-state index in [-0.39, 0.29) is 43.3 Å². The van der Waals surface area contributed by atoms with Crippen molar-refractivity contribution in [2.45, 2.75) is 46.3 Å². The van der Waals surface area contributed by atoms with Crippen molar-refractivity contribution in [3.63, 3.8) is 0 Å². The van der Waals surface area contributed by atoms with E-state index in [0.717, 1.165) is 0 Å². The summed E-state index contributed by atoms with van der Waals surface area (Å²) in [6, 6.07) is 7.60. The molecule has 218 valence electrons. The fourth-order valence-electron chi connectivity index (χ4n) is 4.65. The monoisotopic (exact) mass is 564 g/mol. The maximum absolute atomic E-state index is 13.4. The number of rotatable bonds is 7. The number of carbonyl (C=O) groups excluding carboxylic acids is 3. The minimum absolute atomic E-state index is 0.0143. The number of hydrogen-bond donors (Lipinski definition) is 3. The normalized spacial score (nSPS) is 17.8. The molecule has 12 heteroatoms. The van der Waals surface area contributed by atoms with Crippen LogP contribution in [0.2, 0.25) is 0 Å². The Hall–Kier alpha value is -4.45. The summed E-state index contributed by atoms with van der Waals surface area (Å²) in [5.41, 5.74) is 2.63. The van der Waals surface area contributed by atoms with Crippen molar-refractivity contribution in [1.82, 2.24) is 19.9 Å². The first-order chi connectivity index (χ1) is 19.6. The summed E-state index contributed by atoms with van der Waals surface area (Å²) in [6.45, 7) is 7.54. The number of pyridine rings is 1. The molecule has 4 rings (SSSR count). The van der Waals surface area contributed by atoms with Gasteiger partial charge in [-0.1, -0.05) is 12.1 Å². The Morgan fingerprint density at radius 2 is 1.93 bits per heavy atom. The molecule has 0 unspecified atom stereocenters. The zero-order valence-electron chi connectivity index (χ0n) is 23.9. The highest BCUT2D eigenvalue weighted by molar-refractivity contribution is 6.04. The molecule has 0 bridgehead atoms. The Morgan fingerprint density at radius 1 is 1.20 bits per heavy atom. The molecule has 3 heterocycles. The molecule has 2 aromatic heterocycles. The van der Waals surface area contributed by atoms with Crippen molar-refractivity contribution in [3.8, 4) is 5.75 Å². The first-order valence-electron chi connectivity index (χ1n) is 13.4. The highest BCUT2D eigenvalue weighted by Gasteiger charge is 2.32. The summed E-state index contributed by atoms with van der Waals surface area (Å²) in [5.74, 6) is 0.306. The minimum atomic E-state index is -0.495. The molecule has 0 radical (unpaired) electrons. The predicted molar refractivity (Wildman–Crippen MR) is 152 cm³/mol. The van der Waals surface area contributed by atoms with Gasteiger partial charge in [0.25, 0.3) is 5.91 Å². The molecule has 0 saturated carbocycles. The van der Waals surface area contributed by atoms with Crippen molar-refractivity contribution < 1.29 is 28.8 Å². The molecule has 3 atom stereocenters. The van der Waals surface area contributed by atoms with Crippen molar-refractivity contribution >= 4 is 29.2 Å². The Labute approximate surface area is 238 Å². The summed E-state index contributed by atoms with van der Waals surface area (Å²) in [6.07, 6.45) is 2.59. The number of anilines is 2. The molecule has 0 fully saturated rings. The Balaban J connectivity index is 1.60. The first-order valence-corrected chi connectivity index (χ1v) is 13.4. The van der Waals surface area contributed by atoms with E-state index < -0.39 is 12.1 Å². The van der Waals surface area contributed by atoms with Gasteiger partial charge in [-0.05, 0) is 51.1 Å². The number of nitrogens with one attached hydrogen (secondary N) is 2. The quantitative estimate of drug-likeness (QED) is 0.396. The summed E-state index contributed by atoms with van der Waals surface area (Å²) in [7, 11) is 1.66. The third kappa shape index (κ3) is 7.01. The van der Waals surface area contributed by atoms with Gasteiger partial charge < -0.3 is 34.8 Å².